The van der Waals surface area contributed by atoms with Crippen LogP contribution in [0.3, 0.4) is 0 Å². The topological polar surface area (TPSA) is 49.9 Å². The molecule has 1 radical (unpaired) electrons. The number of hydrogen-bond acceptors (Lipinski definition) is 5. The van der Waals surface area contributed by atoms with Crippen molar-refractivity contribution in [3.8, 4) is 5.75 Å². The summed E-state index contributed by atoms with van der Waals surface area (Å²) in [6.45, 7) is 22.2. The average molecular weight is 528 g/mol. The van der Waals surface area contributed by atoms with Gasteiger partial charge in [-0.2, -0.15) is 0 Å². The lowest BCUT2D eigenvalue weighted by Crippen LogP contribution is -2.57. The first kappa shape index (κ1) is 28.6. The quantitative estimate of drug-likeness (QED) is 0.326. The Kier molecular flexibility index (Phi) is 8.92. The lowest BCUT2D eigenvalue weighted by Gasteiger charge is -2.48. The molecule has 1 heterocycles. The molecule has 2 aromatic rings. The number of hydrogen-bond donors (Lipinski definition) is 0. The maximum atomic E-state index is 12.2. The summed E-state index contributed by atoms with van der Waals surface area (Å²) in [5.41, 5.74) is 3.36. The summed E-state index contributed by atoms with van der Waals surface area (Å²) in [7, 11) is -4.29. The van der Waals surface area contributed by atoms with E-state index in [4.69, 9.17) is 4.43 Å². The monoisotopic (exact) mass is 527 g/mol. The number of rotatable bonds is 8. The van der Waals surface area contributed by atoms with Gasteiger partial charge in [0.2, 0.25) is 0 Å². The summed E-state index contributed by atoms with van der Waals surface area (Å²) in [4.78, 5) is 5.38. The zero-order valence-corrected chi connectivity index (χ0v) is 25.0. The van der Waals surface area contributed by atoms with Crippen molar-refractivity contribution in [2.24, 2.45) is 0 Å². The Balaban J connectivity index is 2.22. The van der Waals surface area contributed by atoms with Crippen molar-refractivity contribution in [2.45, 2.75) is 76.1 Å². The Hall–Kier alpha value is -1.93. The predicted molar refractivity (Wildman–Crippen MR) is 152 cm³/mol. The highest BCUT2D eigenvalue weighted by atomic mass is 32.2. The van der Waals surface area contributed by atoms with Crippen LogP contribution in [0.5, 0.6) is 5.75 Å². The molecule has 1 aliphatic heterocycles. The van der Waals surface area contributed by atoms with Crippen molar-refractivity contribution in [1.29, 1.82) is 0 Å². The molecule has 1 saturated heterocycles. The standard InChI is InChI=1S/C29H43N2O3SSi/c1-10-18-30-19-22(3)31(20-21(30)2)27(23-14-16-24(17-15-23)35(7,32)33)25-12-11-13-26(29(4,5)6)28(25)34-36(8)9/h10-17,21-22,27H,1,18-20H2,2-9H3/t21-,22+,27?/m1/s1. The second kappa shape index (κ2) is 11.2. The molecule has 5 nitrogen and oxygen atoms in total. The Labute approximate surface area is 220 Å². The second-order valence-electron chi connectivity index (χ2n) is 11.4. The summed E-state index contributed by atoms with van der Waals surface area (Å²) in [5, 5.41) is 0. The summed E-state index contributed by atoms with van der Waals surface area (Å²) >= 11 is 0. The first-order valence-electron chi connectivity index (χ1n) is 12.8. The third-order valence-corrected chi connectivity index (χ3v) is 8.68. The van der Waals surface area contributed by atoms with Gasteiger partial charge in [-0.25, -0.2) is 8.42 Å². The average Bonchev–Trinajstić information content (AvgIpc) is 2.77. The molecular formula is C29H43N2O3SSi. The van der Waals surface area contributed by atoms with Gasteiger partial charge in [-0.1, -0.05) is 57.2 Å². The van der Waals surface area contributed by atoms with Crippen LogP contribution < -0.4 is 4.43 Å². The number of nitrogens with zero attached hydrogens (tertiary/aromatic N) is 2. The van der Waals surface area contributed by atoms with Gasteiger partial charge >= 0.3 is 0 Å². The lowest BCUT2D eigenvalue weighted by atomic mass is 9.83. The van der Waals surface area contributed by atoms with E-state index in [0.717, 1.165) is 36.5 Å². The molecule has 0 aromatic heterocycles. The van der Waals surface area contributed by atoms with E-state index in [2.05, 4.69) is 82.3 Å². The van der Waals surface area contributed by atoms with Gasteiger partial charge in [0, 0.05) is 43.5 Å². The maximum Gasteiger partial charge on any atom is 0.274 e. The van der Waals surface area contributed by atoms with Gasteiger partial charge < -0.3 is 4.43 Å². The molecular weight excluding hydrogens is 484 g/mol. The molecule has 3 atom stereocenters. The van der Waals surface area contributed by atoms with Gasteiger partial charge in [-0.15, -0.1) is 6.58 Å². The van der Waals surface area contributed by atoms with E-state index in [1.54, 1.807) is 12.1 Å². The minimum Gasteiger partial charge on any atom is -0.542 e. The van der Waals surface area contributed by atoms with E-state index in [-0.39, 0.29) is 11.5 Å². The third kappa shape index (κ3) is 6.49. The Bertz CT molecular complexity index is 1160. The molecule has 2 aromatic carbocycles. The van der Waals surface area contributed by atoms with Crippen LogP contribution in [-0.2, 0) is 15.3 Å². The minimum atomic E-state index is -3.27. The number of para-hydroxylation sites is 1. The highest BCUT2D eigenvalue weighted by Gasteiger charge is 2.37. The summed E-state index contributed by atoms with van der Waals surface area (Å²) in [6, 6.07) is 14.5. The van der Waals surface area contributed by atoms with Crippen molar-refractivity contribution >= 4 is 18.9 Å². The first-order chi connectivity index (χ1) is 16.7. The molecule has 0 amide bonds. The van der Waals surface area contributed by atoms with Gasteiger partial charge in [0.1, 0.15) is 5.75 Å². The van der Waals surface area contributed by atoms with Gasteiger partial charge in [0.25, 0.3) is 9.04 Å². The second-order valence-corrected chi connectivity index (χ2v) is 15.4. The van der Waals surface area contributed by atoms with E-state index >= 15 is 0 Å². The zero-order valence-electron chi connectivity index (χ0n) is 23.2. The van der Waals surface area contributed by atoms with Crippen LogP contribution >= 0.6 is 0 Å². The number of sulfone groups is 1. The molecule has 0 saturated carbocycles. The summed E-state index contributed by atoms with van der Waals surface area (Å²) in [6.07, 6.45) is 3.23. The van der Waals surface area contributed by atoms with Crippen molar-refractivity contribution < 1.29 is 12.8 Å². The lowest BCUT2D eigenvalue weighted by molar-refractivity contribution is 0.0302. The van der Waals surface area contributed by atoms with E-state index < -0.39 is 18.9 Å². The number of benzene rings is 2. The van der Waals surface area contributed by atoms with E-state index in [1.165, 1.54) is 11.8 Å². The minimum absolute atomic E-state index is 0.0550. The fraction of sp³-hybridized carbons (Fsp3) is 0.517. The van der Waals surface area contributed by atoms with Crippen molar-refractivity contribution in [1.82, 2.24) is 9.80 Å². The Morgan fingerprint density at radius 2 is 1.72 bits per heavy atom. The predicted octanol–water partition coefficient (Wildman–Crippen LogP) is 5.69. The van der Waals surface area contributed by atoms with Crippen LogP contribution in [0.1, 0.15) is 57.4 Å². The van der Waals surface area contributed by atoms with E-state index in [9.17, 15) is 8.42 Å². The van der Waals surface area contributed by atoms with Gasteiger partial charge in [-0.3, -0.25) is 9.80 Å². The molecule has 1 unspecified atom stereocenters. The largest absolute Gasteiger partial charge is 0.542 e. The Morgan fingerprint density at radius 3 is 2.25 bits per heavy atom. The van der Waals surface area contributed by atoms with Crippen LogP contribution in [0, 0.1) is 0 Å². The smallest absolute Gasteiger partial charge is 0.274 e. The van der Waals surface area contributed by atoms with Crippen molar-refractivity contribution in [2.75, 3.05) is 25.9 Å². The Morgan fingerprint density at radius 1 is 1.08 bits per heavy atom. The summed E-state index contributed by atoms with van der Waals surface area (Å²) < 4.78 is 31.0. The molecule has 0 spiro atoms. The molecule has 0 bridgehead atoms. The van der Waals surface area contributed by atoms with Crippen LogP contribution in [-0.4, -0.2) is 65.2 Å². The van der Waals surface area contributed by atoms with Crippen molar-refractivity contribution in [3.63, 3.8) is 0 Å². The van der Waals surface area contributed by atoms with E-state index in [0.29, 0.717) is 17.0 Å². The first-order valence-corrected chi connectivity index (χ1v) is 17.1. The molecule has 3 rings (SSSR count). The number of piperazine rings is 1. The van der Waals surface area contributed by atoms with E-state index in [1.807, 2.05) is 18.2 Å². The molecule has 0 aliphatic carbocycles. The summed E-state index contributed by atoms with van der Waals surface area (Å²) in [5.74, 6) is 0.981. The molecule has 197 valence electrons. The SMILES string of the molecule is C=CCN1C[C@H](C)N(C(c2ccc(S(C)(=O)=O)cc2)c2cccc(C(C)(C)C)c2O[Si](C)C)C[C@H]1C. The fourth-order valence-corrected chi connectivity index (χ4v) is 6.40. The van der Waals surface area contributed by atoms with Gasteiger partial charge in [0.05, 0.1) is 10.9 Å². The van der Waals surface area contributed by atoms with Crippen LogP contribution in [0.2, 0.25) is 13.1 Å². The van der Waals surface area contributed by atoms with Gasteiger partial charge in [0.15, 0.2) is 9.84 Å². The molecule has 7 heteroatoms. The fourth-order valence-electron chi connectivity index (χ4n) is 5.13. The van der Waals surface area contributed by atoms with Crippen LogP contribution in [0.4, 0.5) is 0 Å². The normalized spacial score (nSPS) is 20.9. The highest BCUT2D eigenvalue weighted by molar-refractivity contribution is 7.90. The zero-order chi connectivity index (χ0) is 26.8. The molecule has 1 aliphatic rings. The highest BCUT2D eigenvalue weighted by Crippen LogP contribution is 2.43. The van der Waals surface area contributed by atoms with Crippen LogP contribution in [0.15, 0.2) is 60.0 Å². The van der Waals surface area contributed by atoms with Gasteiger partial charge in [-0.05, 0) is 55.6 Å². The van der Waals surface area contributed by atoms with Crippen LogP contribution in [0.25, 0.3) is 0 Å². The molecule has 1 fully saturated rings. The molecule has 0 N–H and O–H groups in total. The van der Waals surface area contributed by atoms with Crippen molar-refractivity contribution in [3.05, 3.63) is 71.8 Å². The maximum absolute atomic E-state index is 12.2. The molecule has 36 heavy (non-hydrogen) atoms. The third-order valence-electron chi connectivity index (χ3n) is 6.94.